The molecule has 2 rings (SSSR count). The number of hydrogen-bond acceptors (Lipinski definition) is 6. The molecule has 6 nitrogen and oxygen atoms in total. The van der Waals surface area contributed by atoms with Crippen LogP contribution in [-0.2, 0) is 4.43 Å². The van der Waals surface area contributed by atoms with Gasteiger partial charge in [0.25, 0.3) is 5.89 Å². The summed E-state index contributed by atoms with van der Waals surface area (Å²) < 4.78 is 12.5. The molecule has 2 heterocycles. The lowest BCUT2D eigenvalue weighted by molar-refractivity contribution is 0.163. The van der Waals surface area contributed by atoms with Gasteiger partial charge in [0.1, 0.15) is 11.8 Å². The number of nitrogen functional groups attached to an aromatic ring is 1. The maximum atomic E-state index is 6.68. The molecule has 0 aliphatic rings. The largest absolute Gasteiger partial charge is 0.416 e. The first-order valence-corrected chi connectivity index (χ1v) is 11.1. The monoisotopic (exact) mass is 362 g/mol. The minimum atomic E-state index is -2.02. The Morgan fingerprint density at radius 1 is 1.00 bits per heavy atom. The van der Waals surface area contributed by atoms with E-state index in [0.717, 1.165) is 0 Å². The highest BCUT2D eigenvalue weighted by atomic mass is 28.4. The van der Waals surface area contributed by atoms with E-state index in [1.54, 1.807) is 18.3 Å². The lowest BCUT2D eigenvalue weighted by Crippen LogP contribution is -2.48. The summed E-state index contributed by atoms with van der Waals surface area (Å²) >= 11 is 0. The van der Waals surface area contributed by atoms with Crippen molar-refractivity contribution in [1.29, 1.82) is 0 Å². The van der Waals surface area contributed by atoms with Gasteiger partial charge in [-0.15, -0.1) is 10.2 Å². The maximum absolute atomic E-state index is 6.68. The summed E-state index contributed by atoms with van der Waals surface area (Å²) in [4.78, 5) is 4.23. The molecule has 2 aromatic heterocycles. The van der Waals surface area contributed by atoms with E-state index >= 15 is 0 Å². The number of rotatable bonds is 7. The summed E-state index contributed by atoms with van der Waals surface area (Å²) in [6.07, 6.45) is 1.40. The first-order valence-electron chi connectivity index (χ1n) is 8.92. The quantitative estimate of drug-likeness (QED) is 0.700. The van der Waals surface area contributed by atoms with Crippen LogP contribution in [0.5, 0.6) is 0 Å². The first-order chi connectivity index (χ1) is 11.7. The third kappa shape index (κ3) is 3.77. The average Bonchev–Trinajstić information content (AvgIpc) is 3.01. The van der Waals surface area contributed by atoms with E-state index in [9.17, 15) is 0 Å². The van der Waals surface area contributed by atoms with E-state index in [0.29, 0.717) is 39.8 Å². The van der Waals surface area contributed by atoms with Crippen molar-refractivity contribution in [2.75, 3.05) is 5.73 Å². The average molecular weight is 363 g/mol. The fourth-order valence-corrected chi connectivity index (χ4v) is 9.39. The number of hydrogen-bond donors (Lipinski definition) is 1. The Balaban J connectivity index is 2.29. The molecule has 0 radical (unpaired) electrons. The topological polar surface area (TPSA) is 87.1 Å². The van der Waals surface area contributed by atoms with E-state index in [1.165, 1.54) is 0 Å². The number of anilines is 1. The first kappa shape index (κ1) is 19.6. The number of nitrogens with zero attached hydrogens (tertiary/aromatic N) is 3. The van der Waals surface area contributed by atoms with E-state index in [1.807, 2.05) is 6.92 Å². The van der Waals surface area contributed by atoms with E-state index < -0.39 is 8.32 Å². The Labute approximate surface area is 151 Å². The number of aromatic nitrogens is 3. The molecule has 25 heavy (non-hydrogen) atoms. The SMILES string of the molecule is CC(O[Si](C(C)C)(C(C)C)C(C)C)c1nnc(-c2ncccc2N)o1. The van der Waals surface area contributed by atoms with Crippen molar-refractivity contribution in [1.82, 2.24) is 15.2 Å². The van der Waals surface area contributed by atoms with Crippen LogP contribution in [-0.4, -0.2) is 23.5 Å². The molecule has 0 bridgehead atoms. The minimum Gasteiger partial charge on any atom is -0.416 e. The molecule has 138 valence electrons. The Bertz CT molecular complexity index is 678. The molecule has 0 amide bonds. The van der Waals surface area contributed by atoms with Crippen LogP contribution in [0.1, 0.15) is 60.5 Å². The van der Waals surface area contributed by atoms with Crippen LogP contribution < -0.4 is 5.73 Å². The Morgan fingerprint density at radius 2 is 1.60 bits per heavy atom. The molecule has 0 saturated carbocycles. The molecule has 0 aliphatic carbocycles. The zero-order valence-corrected chi connectivity index (χ0v) is 17.3. The van der Waals surface area contributed by atoms with Crippen LogP contribution in [0.2, 0.25) is 16.6 Å². The van der Waals surface area contributed by atoms with Crippen molar-refractivity contribution in [3.63, 3.8) is 0 Å². The molecule has 7 heteroatoms. The van der Waals surface area contributed by atoms with Gasteiger partial charge in [-0.1, -0.05) is 41.5 Å². The molecule has 0 saturated heterocycles. The van der Waals surface area contributed by atoms with Gasteiger partial charge < -0.3 is 14.6 Å². The lowest BCUT2D eigenvalue weighted by Gasteiger charge is -2.43. The predicted octanol–water partition coefficient (Wildman–Crippen LogP) is 4.97. The van der Waals surface area contributed by atoms with Gasteiger partial charge in [0.05, 0.1) is 5.69 Å². The van der Waals surface area contributed by atoms with Crippen LogP contribution in [0.25, 0.3) is 11.6 Å². The molecule has 1 unspecified atom stereocenters. The predicted molar refractivity (Wildman–Crippen MR) is 102 cm³/mol. The molecular weight excluding hydrogens is 332 g/mol. The van der Waals surface area contributed by atoms with Crippen LogP contribution in [0.3, 0.4) is 0 Å². The highest BCUT2D eigenvalue weighted by Gasteiger charge is 2.46. The van der Waals surface area contributed by atoms with Crippen molar-refractivity contribution in [3.05, 3.63) is 24.2 Å². The molecule has 2 aromatic rings. The fourth-order valence-electron chi connectivity index (χ4n) is 3.86. The summed E-state index contributed by atoms with van der Waals surface area (Å²) in [6.45, 7) is 15.5. The van der Waals surface area contributed by atoms with Gasteiger partial charge in [0.2, 0.25) is 14.2 Å². The molecule has 0 spiro atoms. The second-order valence-corrected chi connectivity index (χ2v) is 12.9. The van der Waals surface area contributed by atoms with Gasteiger partial charge in [-0.3, -0.25) is 0 Å². The van der Waals surface area contributed by atoms with Crippen LogP contribution in [0.4, 0.5) is 5.69 Å². The normalized spacial score (nSPS) is 13.8. The Kier molecular flexibility index (Phi) is 6.00. The lowest BCUT2D eigenvalue weighted by atomic mass is 10.3. The molecule has 2 N–H and O–H groups in total. The second kappa shape index (κ2) is 7.66. The zero-order valence-electron chi connectivity index (χ0n) is 16.3. The highest BCUT2D eigenvalue weighted by Crippen LogP contribution is 2.45. The standard InChI is InChI=1S/C18H30N4O2Si/c1-11(2)25(12(3)4,13(5)6)24-14(7)17-21-22-18(23-17)16-15(19)9-8-10-20-16/h8-14H,19H2,1-7H3. The summed E-state index contributed by atoms with van der Waals surface area (Å²) in [5.41, 5.74) is 8.44. The Morgan fingerprint density at radius 3 is 2.12 bits per heavy atom. The van der Waals surface area contributed by atoms with Crippen molar-refractivity contribution in [3.8, 4) is 11.6 Å². The van der Waals surface area contributed by atoms with E-state index in [4.69, 9.17) is 14.6 Å². The van der Waals surface area contributed by atoms with Crippen LogP contribution in [0.15, 0.2) is 22.7 Å². The van der Waals surface area contributed by atoms with Gasteiger partial charge in [-0.2, -0.15) is 0 Å². The van der Waals surface area contributed by atoms with Gasteiger partial charge >= 0.3 is 0 Å². The Hall–Kier alpha value is -1.73. The van der Waals surface area contributed by atoms with E-state index in [2.05, 4.69) is 56.7 Å². The van der Waals surface area contributed by atoms with Crippen molar-refractivity contribution >= 4 is 14.0 Å². The van der Waals surface area contributed by atoms with Gasteiger partial charge in [-0.05, 0) is 35.7 Å². The smallest absolute Gasteiger partial charge is 0.268 e. The summed E-state index contributed by atoms with van der Waals surface area (Å²) in [5.74, 6) is 0.799. The molecule has 0 aromatic carbocycles. The molecular formula is C18H30N4O2Si. The van der Waals surface area contributed by atoms with Crippen molar-refractivity contribution < 1.29 is 8.84 Å². The maximum Gasteiger partial charge on any atom is 0.268 e. The fraction of sp³-hybridized carbons (Fsp3) is 0.611. The summed E-state index contributed by atoms with van der Waals surface area (Å²) in [6, 6.07) is 3.54. The van der Waals surface area contributed by atoms with Crippen LogP contribution in [0, 0.1) is 0 Å². The summed E-state index contributed by atoms with van der Waals surface area (Å²) in [7, 11) is -2.02. The summed E-state index contributed by atoms with van der Waals surface area (Å²) in [5, 5.41) is 8.29. The minimum absolute atomic E-state index is 0.259. The third-order valence-corrected chi connectivity index (χ3v) is 11.1. The van der Waals surface area contributed by atoms with Crippen LogP contribution >= 0.6 is 0 Å². The molecule has 0 fully saturated rings. The number of pyridine rings is 1. The van der Waals surface area contributed by atoms with E-state index in [-0.39, 0.29) is 6.10 Å². The molecule has 1 atom stereocenters. The number of nitrogens with two attached hydrogens (primary N) is 1. The second-order valence-electron chi connectivity index (χ2n) is 7.46. The van der Waals surface area contributed by atoms with Gasteiger partial charge in [0, 0.05) is 6.20 Å². The zero-order chi connectivity index (χ0) is 18.8. The van der Waals surface area contributed by atoms with Crippen molar-refractivity contribution in [2.24, 2.45) is 0 Å². The highest BCUT2D eigenvalue weighted by molar-refractivity contribution is 6.77. The molecule has 0 aliphatic heterocycles. The third-order valence-electron chi connectivity index (χ3n) is 4.92. The van der Waals surface area contributed by atoms with Gasteiger partial charge in [0.15, 0.2) is 0 Å². The van der Waals surface area contributed by atoms with Crippen molar-refractivity contribution in [2.45, 2.75) is 71.2 Å². The van der Waals surface area contributed by atoms with Gasteiger partial charge in [-0.25, -0.2) is 4.98 Å².